The van der Waals surface area contributed by atoms with Gasteiger partial charge in [0.15, 0.2) is 9.84 Å². The molecule has 0 aliphatic carbocycles. The van der Waals surface area contributed by atoms with Gasteiger partial charge in [0.25, 0.3) is 5.84 Å². The predicted molar refractivity (Wildman–Crippen MR) is 163 cm³/mol. The molecule has 2 aliphatic rings. The standard InChI is InChI=1S/C30H35F2N7O4S/c1-38-6-8-39(9-7-38)23-2-3-25(27(15-23)36-22-4-10-43-11-5-22)30(40)37-29(34)26-16-24(17-35-28(26)33)44(41,42)18-19-12-20(31)14-21(32)13-19/h2-3,12-17,22,36H,4-11,18H2,1H3,(H2,33,35)(H2,34,37,40)/p+1. The number of anilines is 3. The molecule has 3 heterocycles. The molecule has 2 fully saturated rings. The second kappa shape index (κ2) is 13.2. The summed E-state index contributed by atoms with van der Waals surface area (Å²) >= 11 is 0. The van der Waals surface area contributed by atoms with E-state index in [9.17, 15) is 22.0 Å². The van der Waals surface area contributed by atoms with E-state index in [4.69, 9.17) is 15.9 Å². The molecule has 5 rings (SSSR count). The summed E-state index contributed by atoms with van der Waals surface area (Å²) in [5.74, 6) is -3.30. The highest BCUT2D eigenvalue weighted by molar-refractivity contribution is 7.90. The normalized spacial score (nSPS) is 16.5. The number of hydrogen-bond donors (Lipinski definition) is 4. The average Bonchev–Trinajstić information content (AvgIpc) is 2.97. The Hall–Kier alpha value is -4.14. The first kappa shape index (κ1) is 31.3. The van der Waals surface area contributed by atoms with Crippen LogP contribution in [0, 0.1) is 11.6 Å². The zero-order chi connectivity index (χ0) is 31.4. The molecule has 0 bridgehead atoms. The molecule has 0 spiro atoms. The van der Waals surface area contributed by atoms with Gasteiger partial charge in [0.1, 0.15) is 23.0 Å². The average molecular weight is 629 g/mol. The van der Waals surface area contributed by atoms with Crippen LogP contribution in [0.25, 0.3) is 0 Å². The number of nitrogens with zero attached hydrogens (tertiary/aromatic N) is 3. The number of amidine groups is 1. The Kier molecular flexibility index (Phi) is 9.42. The number of piperazine rings is 1. The Morgan fingerprint density at radius 3 is 2.41 bits per heavy atom. The number of carbonyl (C=O) groups is 1. The Balaban J connectivity index is 1.37. The Labute approximate surface area is 254 Å². The molecule has 11 nitrogen and oxygen atoms in total. The van der Waals surface area contributed by atoms with Gasteiger partial charge in [0.2, 0.25) is 0 Å². The van der Waals surface area contributed by atoms with Crippen molar-refractivity contribution >= 4 is 38.8 Å². The SMILES string of the molecule is CN1CCN(c2ccc(C(=O)NC(=[NH2+])c3cc(S(=O)(=O)Cc4cc(F)cc(F)c4)cnc3N)c(NC3CCOCC3)c2)CC1. The minimum atomic E-state index is -4.10. The van der Waals surface area contributed by atoms with Crippen LogP contribution in [0.4, 0.5) is 26.0 Å². The van der Waals surface area contributed by atoms with Gasteiger partial charge < -0.3 is 25.6 Å². The molecule has 2 aromatic carbocycles. The highest BCUT2D eigenvalue weighted by atomic mass is 32.2. The maximum Gasteiger partial charge on any atom is 0.341 e. The molecule has 44 heavy (non-hydrogen) atoms. The van der Waals surface area contributed by atoms with Crippen LogP contribution >= 0.6 is 0 Å². The number of hydrogen-bond acceptors (Lipinski definition) is 9. The number of carbonyl (C=O) groups excluding carboxylic acids is 1. The van der Waals surface area contributed by atoms with Crippen molar-refractivity contribution in [3.05, 3.63) is 77.0 Å². The van der Waals surface area contributed by atoms with E-state index in [1.165, 1.54) is 6.07 Å². The number of pyridine rings is 1. The van der Waals surface area contributed by atoms with E-state index in [1.807, 2.05) is 12.1 Å². The minimum Gasteiger partial charge on any atom is -0.383 e. The first-order valence-electron chi connectivity index (χ1n) is 14.3. The van der Waals surface area contributed by atoms with Gasteiger partial charge in [-0.25, -0.2) is 32.3 Å². The topological polar surface area (TPSA) is 155 Å². The third-order valence-corrected chi connectivity index (χ3v) is 9.42. The molecule has 0 radical (unpaired) electrons. The lowest BCUT2D eigenvalue weighted by Crippen LogP contribution is -2.52. The molecule has 0 atom stereocenters. The fourth-order valence-electron chi connectivity index (χ4n) is 5.27. The number of nitrogens with one attached hydrogen (secondary N) is 2. The van der Waals surface area contributed by atoms with Crippen LogP contribution in [0.2, 0.25) is 0 Å². The summed E-state index contributed by atoms with van der Waals surface area (Å²) in [5, 5.41) is 12.4. The lowest BCUT2D eigenvalue weighted by Gasteiger charge is -2.34. The van der Waals surface area contributed by atoms with E-state index in [-0.39, 0.29) is 33.7 Å². The van der Waals surface area contributed by atoms with Gasteiger partial charge in [0.05, 0.1) is 21.9 Å². The highest BCUT2D eigenvalue weighted by Gasteiger charge is 2.27. The summed E-state index contributed by atoms with van der Waals surface area (Å²) in [7, 11) is -2.02. The van der Waals surface area contributed by atoms with Crippen LogP contribution in [0.1, 0.15) is 34.3 Å². The van der Waals surface area contributed by atoms with Crippen molar-refractivity contribution in [2.75, 3.05) is 62.4 Å². The third kappa shape index (κ3) is 7.49. The maximum atomic E-state index is 13.6. The second-order valence-electron chi connectivity index (χ2n) is 11.1. The van der Waals surface area contributed by atoms with Gasteiger partial charge in [-0.15, -0.1) is 0 Å². The summed E-state index contributed by atoms with van der Waals surface area (Å²) < 4.78 is 58.9. The van der Waals surface area contributed by atoms with Gasteiger partial charge in [-0.1, -0.05) is 0 Å². The number of rotatable bonds is 8. The molecule has 2 aliphatic heterocycles. The molecule has 14 heteroatoms. The first-order chi connectivity index (χ1) is 21.0. The lowest BCUT2D eigenvalue weighted by atomic mass is 10.1. The van der Waals surface area contributed by atoms with Crippen LogP contribution in [0.3, 0.4) is 0 Å². The molecular formula is C30H36F2N7O4S+. The molecule has 6 N–H and O–H groups in total. The number of halogens is 2. The lowest BCUT2D eigenvalue weighted by molar-refractivity contribution is -0.116. The van der Waals surface area contributed by atoms with E-state index in [0.29, 0.717) is 30.5 Å². The number of amides is 1. The van der Waals surface area contributed by atoms with Crippen LogP contribution in [-0.4, -0.2) is 82.5 Å². The van der Waals surface area contributed by atoms with Crippen molar-refractivity contribution in [1.29, 1.82) is 0 Å². The van der Waals surface area contributed by atoms with Crippen LogP contribution in [0.5, 0.6) is 0 Å². The molecule has 1 amide bonds. The van der Waals surface area contributed by atoms with E-state index in [1.54, 1.807) is 6.07 Å². The van der Waals surface area contributed by atoms with Gasteiger partial charge in [-0.2, -0.15) is 0 Å². The Morgan fingerprint density at radius 1 is 1.05 bits per heavy atom. The number of likely N-dealkylation sites (N-methyl/N-ethyl adjacent to an activating group) is 1. The molecule has 0 unspecified atom stereocenters. The van der Waals surface area contributed by atoms with Crippen molar-refractivity contribution < 1.29 is 32.1 Å². The fraction of sp³-hybridized carbons (Fsp3) is 0.367. The van der Waals surface area contributed by atoms with Crippen molar-refractivity contribution in [3.8, 4) is 0 Å². The predicted octanol–water partition coefficient (Wildman–Crippen LogP) is 1.19. The van der Waals surface area contributed by atoms with Crippen molar-refractivity contribution in [3.63, 3.8) is 0 Å². The fourth-order valence-corrected chi connectivity index (χ4v) is 6.55. The van der Waals surface area contributed by atoms with Crippen LogP contribution in [-0.2, 0) is 20.3 Å². The summed E-state index contributed by atoms with van der Waals surface area (Å²) in [5.41, 5.74) is 7.92. The summed E-state index contributed by atoms with van der Waals surface area (Å²) in [4.78, 5) is 21.8. The molecule has 0 saturated carbocycles. The van der Waals surface area contributed by atoms with Crippen LogP contribution in [0.15, 0.2) is 53.6 Å². The van der Waals surface area contributed by atoms with E-state index < -0.39 is 33.1 Å². The van der Waals surface area contributed by atoms with E-state index >= 15 is 0 Å². The molecule has 1 aromatic heterocycles. The molecule has 234 valence electrons. The van der Waals surface area contributed by atoms with Crippen molar-refractivity contribution in [2.45, 2.75) is 29.5 Å². The zero-order valence-corrected chi connectivity index (χ0v) is 25.2. The quantitative estimate of drug-likeness (QED) is 0.213. The van der Waals surface area contributed by atoms with Gasteiger partial charge in [-0.05, 0) is 61.9 Å². The van der Waals surface area contributed by atoms with Gasteiger partial charge in [-0.3, -0.25) is 5.41 Å². The Morgan fingerprint density at radius 2 is 1.73 bits per heavy atom. The Bertz CT molecular complexity index is 1640. The summed E-state index contributed by atoms with van der Waals surface area (Å²) in [6.07, 6.45) is 2.62. The molecular weight excluding hydrogens is 592 g/mol. The second-order valence-corrected chi connectivity index (χ2v) is 13.0. The largest absolute Gasteiger partial charge is 0.383 e. The monoisotopic (exact) mass is 628 g/mol. The van der Waals surface area contributed by atoms with Crippen molar-refractivity contribution in [1.82, 2.24) is 15.2 Å². The van der Waals surface area contributed by atoms with Crippen molar-refractivity contribution in [2.24, 2.45) is 0 Å². The number of benzene rings is 2. The maximum absolute atomic E-state index is 13.6. The molecule has 2 saturated heterocycles. The first-order valence-corrected chi connectivity index (χ1v) is 15.9. The number of ether oxygens (including phenoxy) is 1. The number of nitrogens with two attached hydrogens (primary N) is 2. The number of nitrogen functional groups attached to an aromatic ring is 1. The smallest absolute Gasteiger partial charge is 0.341 e. The third-order valence-electron chi connectivity index (χ3n) is 7.77. The van der Waals surface area contributed by atoms with Crippen LogP contribution < -0.4 is 26.7 Å². The van der Waals surface area contributed by atoms with E-state index in [2.05, 4.69) is 32.5 Å². The minimum absolute atomic E-state index is 0.00200. The molecule has 3 aromatic rings. The van der Waals surface area contributed by atoms with Gasteiger partial charge >= 0.3 is 5.91 Å². The van der Waals surface area contributed by atoms with E-state index in [0.717, 1.165) is 63.0 Å². The summed E-state index contributed by atoms with van der Waals surface area (Å²) in [6, 6.07) is 9.42. The number of aromatic nitrogens is 1. The van der Waals surface area contributed by atoms with Gasteiger partial charge in [0, 0.05) is 63.4 Å². The number of sulfone groups is 1. The highest BCUT2D eigenvalue weighted by Crippen LogP contribution is 2.27. The zero-order valence-electron chi connectivity index (χ0n) is 24.4. The summed E-state index contributed by atoms with van der Waals surface area (Å²) in [6.45, 7) is 4.83.